The van der Waals surface area contributed by atoms with Crippen LogP contribution in [0.4, 0.5) is 0 Å². The molecular weight excluding hydrogens is 298 g/mol. The van der Waals surface area contributed by atoms with Gasteiger partial charge in [0.25, 0.3) is 0 Å². The lowest BCUT2D eigenvalue weighted by Crippen LogP contribution is -2.28. The molecule has 0 saturated carbocycles. The molecule has 0 bridgehead atoms. The number of nitrogens with two attached hydrogens (primary N) is 1. The van der Waals surface area contributed by atoms with Crippen LogP contribution in [0.3, 0.4) is 0 Å². The summed E-state index contributed by atoms with van der Waals surface area (Å²) in [6.07, 6.45) is 0.546. The summed E-state index contributed by atoms with van der Waals surface area (Å²) in [5.41, 5.74) is 5.39. The van der Waals surface area contributed by atoms with Crippen molar-refractivity contribution in [3.63, 3.8) is 0 Å². The van der Waals surface area contributed by atoms with E-state index in [1.807, 2.05) is 31.3 Å². The molecule has 0 heterocycles. The topological polar surface area (TPSA) is 71.1 Å². The lowest BCUT2D eigenvalue weighted by molar-refractivity contribution is 0.240. The number of rotatable bonds is 7. The fourth-order valence-electron chi connectivity index (χ4n) is 1.34. The van der Waals surface area contributed by atoms with E-state index in [-0.39, 0.29) is 5.84 Å². The maximum atomic E-state index is 8.41. The van der Waals surface area contributed by atoms with Crippen LogP contribution in [-0.2, 0) is 0 Å². The molecule has 0 amide bonds. The summed E-state index contributed by atoms with van der Waals surface area (Å²) >= 11 is 3.39. The van der Waals surface area contributed by atoms with Crippen molar-refractivity contribution in [3.05, 3.63) is 28.7 Å². The summed E-state index contributed by atoms with van der Waals surface area (Å²) in [5.74, 6) is 1.09. The molecule has 0 radical (unpaired) electrons. The molecule has 0 aliphatic rings. The van der Waals surface area contributed by atoms with Gasteiger partial charge < -0.3 is 20.6 Å². The highest BCUT2D eigenvalue weighted by Gasteiger charge is 2.01. The molecule has 0 unspecified atom stereocenters. The Morgan fingerprint density at radius 3 is 2.94 bits per heavy atom. The van der Waals surface area contributed by atoms with Crippen LogP contribution < -0.4 is 10.5 Å². The predicted octanol–water partition coefficient (Wildman–Crippen LogP) is 1.90. The first-order valence-electron chi connectivity index (χ1n) is 5.65. The third-order valence-electron chi connectivity index (χ3n) is 2.42. The van der Waals surface area contributed by atoms with E-state index >= 15 is 0 Å². The van der Waals surface area contributed by atoms with Crippen molar-refractivity contribution in [1.29, 1.82) is 0 Å². The number of hydrogen-bond acceptors (Lipinski definition) is 4. The first kappa shape index (κ1) is 14.8. The van der Waals surface area contributed by atoms with E-state index in [1.54, 1.807) is 0 Å². The van der Waals surface area contributed by atoms with Gasteiger partial charge in [-0.3, -0.25) is 0 Å². The summed E-state index contributed by atoms with van der Waals surface area (Å²) in [6.45, 7) is 2.12. The van der Waals surface area contributed by atoms with Crippen molar-refractivity contribution < 1.29 is 9.94 Å². The monoisotopic (exact) mass is 315 g/mol. The Hall–Kier alpha value is -1.27. The van der Waals surface area contributed by atoms with Gasteiger partial charge in [0.15, 0.2) is 0 Å². The van der Waals surface area contributed by atoms with Gasteiger partial charge in [-0.1, -0.05) is 27.2 Å². The summed E-state index contributed by atoms with van der Waals surface area (Å²) < 4.78 is 6.61. The zero-order valence-corrected chi connectivity index (χ0v) is 11.9. The van der Waals surface area contributed by atoms with E-state index < -0.39 is 0 Å². The fourth-order valence-corrected chi connectivity index (χ4v) is 1.72. The van der Waals surface area contributed by atoms with Gasteiger partial charge in [-0.25, -0.2) is 0 Å². The van der Waals surface area contributed by atoms with Crippen molar-refractivity contribution in [1.82, 2.24) is 4.90 Å². The molecule has 0 saturated heterocycles. The number of amidine groups is 1. The van der Waals surface area contributed by atoms with Gasteiger partial charge in [-0.05, 0) is 25.2 Å². The van der Waals surface area contributed by atoms with Crippen molar-refractivity contribution in [3.8, 4) is 5.75 Å². The summed E-state index contributed by atoms with van der Waals surface area (Å²) in [7, 11) is 1.97. The summed E-state index contributed by atoms with van der Waals surface area (Å²) in [5, 5.41) is 11.3. The molecule has 1 aromatic carbocycles. The molecule has 18 heavy (non-hydrogen) atoms. The summed E-state index contributed by atoms with van der Waals surface area (Å²) in [6, 6.07) is 7.73. The zero-order chi connectivity index (χ0) is 13.4. The third kappa shape index (κ3) is 5.88. The quantitative estimate of drug-likeness (QED) is 0.349. The average Bonchev–Trinajstić information content (AvgIpc) is 2.36. The molecule has 0 atom stereocenters. The molecule has 0 aliphatic heterocycles. The van der Waals surface area contributed by atoms with Gasteiger partial charge in [0.1, 0.15) is 18.2 Å². The molecule has 0 aliphatic carbocycles. The Kier molecular flexibility index (Phi) is 6.53. The van der Waals surface area contributed by atoms with Gasteiger partial charge in [0.05, 0.1) is 0 Å². The van der Waals surface area contributed by atoms with Crippen molar-refractivity contribution >= 4 is 21.8 Å². The Morgan fingerprint density at radius 2 is 2.28 bits per heavy atom. The fraction of sp³-hybridized carbons (Fsp3) is 0.417. The zero-order valence-electron chi connectivity index (χ0n) is 10.3. The van der Waals surface area contributed by atoms with E-state index in [2.05, 4.69) is 26.0 Å². The molecule has 1 aromatic rings. The van der Waals surface area contributed by atoms with E-state index in [9.17, 15) is 0 Å². The molecule has 0 aromatic heterocycles. The van der Waals surface area contributed by atoms with Crippen LogP contribution in [0, 0.1) is 0 Å². The minimum Gasteiger partial charge on any atom is -0.492 e. The van der Waals surface area contributed by atoms with Crippen molar-refractivity contribution in [2.45, 2.75) is 6.42 Å². The molecule has 0 spiro atoms. The van der Waals surface area contributed by atoms with Crippen LogP contribution in [0.15, 0.2) is 33.9 Å². The maximum absolute atomic E-state index is 8.41. The molecule has 100 valence electrons. The summed E-state index contributed by atoms with van der Waals surface area (Å²) in [4.78, 5) is 2.07. The third-order valence-corrected chi connectivity index (χ3v) is 2.91. The number of ether oxygens (including phenoxy) is 1. The highest BCUT2D eigenvalue weighted by molar-refractivity contribution is 9.10. The van der Waals surface area contributed by atoms with Gasteiger partial charge in [-0.2, -0.15) is 0 Å². The Morgan fingerprint density at radius 1 is 1.50 bits per heavy atom. The molecule has 5 nitrogen and oxygen atoms in total. The predicted molar refractivity (Wildman–Crippen MR) is 75.2 cm³/mol. The number of hydrogen-bond donors (Lipinski definition) is 2. The first-order chi connectivity index (χ1) is 8.61. The number of benzene rings is 1. The number of oxime groups is 1. The number of likely N-dealkylation sites (N-methyl/N-ethyl adjacent to an activating group) is 1. The average molecular weight is 316 g/mol. The van der Waals surface area contributed by atoms with Gasteiger partial charge in [0, 0.05) is 24.0 Å². The normalized spacial score (nSPS) is 11.8. The molecule has 0 fully saturated rings. The highest BCUT2D eigenvalue weighted by atomic mass is 79.9. The lowest BCUT2D eigenvalue weighted by Gasteiger charge is -2.16. The van der Waals surface area contributed by atoms with Crippen LogP contribution in [0.1, 0.15) is 6.42 Å². The molecule has 3 N–H and O–H groups in total. The Balaban J connectivity index is 2.21. The van der Waals surface area contributed by atoms with E-state index in [0.717, 1.165) is 23.3 Å². The number of nitrogens with zero attached hydrogens (tertiary/aromatic N) is 2. The van der Waals surface area contributed by atoms with E-state index in [1.165, 1.54) is 0 Å². The minimum atomic E-state index is 0.245. The first-order valence-corrected chi connectivity index (χ1v) is 6.44. The molecular formula is C12H18BrN3O2. The van der Waals surface area contributed by atoms with Crippen LogP contribution in [0.25, 0.3) is 0 Å². The van der Waals surface area contributed by atoms with E-state index in [0.29, 0.717) is 13.0 Å². The van der Waals surface area contributed by atoms with Crippen molar-refractivity contribution in [2.75, 3.05) is 26.7 Å². The number of halogens is 1. The van der Waals surface area contributed by atoms with E-state index in [4.69, 9.17) is 15.7 Å². The molecule has 1 rings (SSSR count). The van der Waals surface area contributed by atoms with Crippen LogP contribution in [0.5, 0.6) is 5.75 Å². The lowest BCUT2D eigenvalue weighted by atomic mass is 10.3. The highest BCUT2D eigenvalue weighted by Crippen LogP contribution is 2.17. The van der Waals surface area contributed by atoms with Gasteiger partial charge in [-0.15, -0.1) is 0 Å². The minimum absolute atomic E-state index is 0.245. The SMILES string of the molecule is CN(CCOc1cccc(Br)c1)CCC(N)=NO. The maximum Gasteiger partial charge on any atom is 0.140 e. The largest absolute Gasteiger partial charge is 0.492 e. The van der Waals surface area contributed by atoms with Crippen LogP contribution >= 0.6 is 15.9 Å². The Bertz CT molecular complexity index is 399. The second kappa shape index (κ2) is 7.94. The van der Waals surface area contributed by atoms with Crippen molar-refractivity contribution in [2.24, 2.45) is 10.9 Å². The standard InChI is InChI=1S/C12H18BrN3O2/c1-16(6-5-12(14)15-17)7-8-18-11-4-2-3-10(13)9-11/h2-4,9,17H,5-8H2,1H3,(H2,14,15). The Labute approximate surface area is 115 Å². The van der Waals surface area contributed by atoms with Crippen LogP contribution in [0.2, 0.25) is 0 Å². The van der Waals surface area contributed by atoms with Gasteiger partial charge >= 0.3 is 0 Å². The smallest absolute Gasteiger partial charge is 0.140 e. The second-order valence-electron chi connectivity index (χ2n) is 3.95. The second-order valence-corrected chi connectivity index (χ2v) is 4.87. The van der Waals surface area contributed by atoms with Gasteiger partial charge in [0.2, 0.25) is 0 Å². The van der Waals surface area contributed by atoms with Crippen LogP contribution in [-0.4, -0.2) is 42.7 Å². The molecule has 6 heteroatoms.